The number of aryl methyl sites for hydroxylation is 2. The summed E-state index contributed by atoms with van der Waals surface area (Å²) in [6.07, 6.45) is 6.67. The highest BCUT2D eigenvalue weighted by Crippen LogP contribution is 2.31. The topological polar surface area (TPSA) is 74.0 Å². The predicted molar refractivity (Wildman–Crippen MR) is 108 cm³/mol. The fourth-order valence-corrected chi connectivity index (χ4v) is 4.37. The Kier molecular flexibility index (Phi) is 4.64. The van der Waals surface area contributed by atoms with Crippen LogP contribution in [0.1, 0.15) is 51.9 Å². The molecule has 5 rings (SSSR count). The van der Waals surface area contributed by atoms with Crippen LogP contribution in [-0.2, 0) is 24.3 Å². The van der Waals surface area contributed by atoms with E-state index >= 15 is 0 Å². The van der Waals surface area contributed by atoms with Crippen LogP contribution in [-0.4, -0.2) is 31.8 Å². The molecular weight excluding hydrogens is 390 g/mol. The van der Waals surface area contributed by atoms with E-state index < -0.39 is 0 Å². The minimum absolute atomic E-state index is 0.163. The number of ether oxygens (including phenoxy) is 1. The fraction of sp³-hybridized carbons (Fsp3) is 0.381. The van der Waals surface area contributed by atoms with Crippen molar-refractivity contribution in [3.05, 3.63) is 64.0 Å². The average Bonchev–Trinajstić information content (AvgIpc) is 3.35. The van der Waals surface area contributed by atoms with Gasteiger partial charge in [0.2, 0.25) is 0 Å². The van der Waals surface area contributed by atoms with Gasteiger partial charge in [-0.2, -0.15) is 5.10 Å². The standard InChI is InChI=1S/C21H22ClN5O2/c1-13-5-4-7-16(19(13)22)27-18-11-29-10-15(14(18)9-24-27)25-21(28)20-17-6-2-3-8-26(17)12-23-20/h4-5,7,9,12,15H,2-3,6,8,10-11H2,1H3,(H,25,28)/t15-/m0/s1. The SMILES string of the molecule is Cc1cccc(-n2ncc3c2COC[C@@H]3NC(=O)c2ncn3c2CCCC3)c1Cl. The van der Waals surface area contributed by atoms with E-state index in [1.165, 1.54) is 0 Å². The molecule has 29 heavy (non-hydrogen) atoms. The molecule has 2 aromatic heterocycles. The summed E-state index contributed by atoms with van der Waals surface area (Å²) in [5, 5.41) is 8.30. The van der Waals surface area contributed by atoms with Crippen LogP contribution in [0.3, 0.4) is 0 Å². The molecule has 0 aliphatic carbocycles. The van der Waals surface area contributed by atoms with Crippen LogP contribution in [0.5, 0.6) is 0 Å². The van der Waals surface area contributed by atoms with Gasteiger partial charge in [-0.25, -0.2) is 9.67 Å². The van der Waals surface area contributed by atoms with Crippen molar-refractivity contribution in [2.24, 2.45) is 0 Å². The first-order valence-corrected chi connectivity index (χ1v) is 10.3. The molecule has 3 aromatic rings. The van der Waals surface area contributed by atoms with Crippen molar-refractivity contribution in [1.29, 1.82) is 0 Å². The number of imidazole rings is 1. The number of nitrogens with zero attached hydrogens (tertiary/aromatic N) is 4. The molecule has 1 N–H and O–H groups in total. The van der Waals surface area contributed by atoms with E-state index in [1.807, 2.05) is 29.8 Å². The Morgan fingerprint density at radius 1 is 1.31 bits per heavy atom. The van der Waals surface area contributed by atoms with Crippen molar-refractivity contribution in [2.45, 2.75) is 45.4 Å². The number of benzene rings is 1. The molecule has 0 spiro atoms. The molecule has 0 bridgehead atoms. The first-order chi connectivity index (χ1) is 14.1. The van der Waals surface area contributed by atoms with Crippen LogP contribution in [0.25, 0.3) is 5.69 Å². The third-order valence-electron chi connectivity index (χ3n) is 5.73. The molecule has 8 heteroatoms. The van der Waals surface area contributed by atoms with Gasteiger partial charge < -0.3 is 14.6 Å². The molecular formula is C21H22ClN5O2. The van der Waals surface area contributed by atoms with E-state index in [9.17, 15) is 4.79 Å². The Hall–Kier alpha value is -2.64. The summed E-state index contributed by atoms with van der Waals surface area (Å²) >= 11 is 6.50. The smallest absolute Gasteiger partial charge is 0.272 e. The number of amides is 1. The summed E-state index contributed by atoms with van der Waals surface area (Å²) in [6.45, 7) is 3.72. The number of halogens is 1. The van der Waals surface area contributed by atoms with Crippen molar-refractivity contribution in [2.75, 3.05) is 6.61 Å². The molecule has 150 valence electrons. The van der Waals surface area contributed by atoms with Crippen molar-refractivity contribution >= 4 is 17.5 Å². The van der Waals surface area contributed by atoms with Gasteiger partial charge in [0.1, 0.15) is 5.69 Å². The van der Waals surface area contributed by atoms with Crippen LogP contribution >= 0.6 is 11.6 Å². The number of hydrogen-bond donors (Lipinski definition) is 1. The van der Waals surface area contributed by atoms with Crippen molar-refractivity contribution < 1.29 is 9.53 Å². The maximum atomic E-state index is 12.9. The number of carbonyl (C=O) groups excluding carboxylic acids is 1. The van der Waals surface area contributed by atoms with Gasteiger partial charge in [-0.15, -0.1) is 0 Å². The molecule has 4 heterocycles. The van der Waals surface area contributed by atoms with Crippen LogP contribution in [0, 0.1) is 6.92 Å². The van der Waals surface area contributed by atoms with Crippen molar-refractivity contribution in [3.8, 4) is 5.69 Å². The molecule has 0 saturated carbocycles. The summed E-state index contributed by atoms with van der Waals surface area (Å²) in [6, 6.07) is 5.58. The van der Waals surface area contributed by atoms with Gasteiger partial charge in [0.25, 0.3) is 5.91 Å². The average molecular weight is 412 g/mol. The minimum Gasteiger partial charge on any atom is -0.373 e. The normalized spacial score (nSPS) is 18.2. The number of aromatic nitrogens is 4. The lowest BCUT2D eigenvalue weighted by molar-refractivity contribution is 0.0684. The van der Waals surface area contributed by atoms with E-state index in [0.29, 0.717) is 23.9 Å². The number of nitrogens with one attached hydrogen (secondary N) is 1. The Morgan fingerprint density at radius 3 is 3.10 bits per heavy atom. The fourth-order valence-electron chi connectivity index (χ4n) is 4.16. The second-order valence-corrected chi connectivity index (χ2v) is 7.98. The van der Waals surface area contributed by atoms with Gasteiger partial charge in [0, 0.05) is 12.1 Å². The Bertz CT molecular complexity index is 1090. The maximum Gasteiger partial charge on any atom is 0.272 e. The molecule has 0 fully saturated rings. The second-order valence-electron chi connectivity index (χ2n) is 7.60. The summed E-state index contributed by atoms with van der Waals surface area (Å²) < 4.78 is 9.68. The van der Waals surface area contributed by atoms with Gasteiger partial charge in [0.05, 0.1) is 53.9 Å². The van der Waals surface area contributed by atoms with Crippen LogP contribution in [0.15, 0.2) is 30.7 Å². The highest BCUT2D eigenvalue weighted by atomic mass is 35.5. The number of hydrogen-bond acceptors (Lipinski definition) is 4. The van der Waals surface area contributed by atoms with Gasteiger partial charge in [0.15, 0.2) is 0 Å². The first kappa shape index (κ1) is 18.4. The second kappa shape index (κ2) is 7.31. The lowest BCUT2D eigenvalue weighted by atomic mass is 10.0. The van der Waals surface area contributed by atoms with Crippen LogP contribution in [0.4, 0.5) is 0 Å². The van der Waals surface area contributed by atoms with E-state index in [0.717, 1.165) is 54.0 Å². The van der Waals surface area contributed by atoms with Crippen LogP contribution in [0.2, 0.25) is 5.02 Å². The summed E-state index contributed by atoms with van der Waals surface area (Å²) in [4.78, 5) is 17.3. The lowest BCUT2D eigenvalue weighted by Crippen LogP contribution is -2.35. The Morgan fingerprint density at radius 2 is 2.21 bits per heavy atom. The quantitative estimate of drug-likeness (QED) is 0.717. The summed E-state index contributed by atoms with van der Waals surface area (Å²) in [5.41, 5.74) is 5.20. The molecule has 0 unspecified atom stereocenters. The number of fused-ring (bicyclic) bond motifs is 2. The third kappa shape index (κ3) is 3.14. The van der Waals surface area contributed by atoms with Gasteiger partial charge >= 0.3 is 0 Å². The largest absolute Gasteiger partial charge is 0.373 e. The van der Waals surface area contributed by atoms with Gasteiger partial charge in [-0.3, -0.25) is 4.79 Å². The van der Waals surface area contributed by atoms with Crippen molar-refractivity contribution in [1.82, 2.24) is 24.6 Å². The number of carbonyl (C=O) groups is 1. The maximum absolute atomic E-state index is 12.9. The summed E-state index contributed by atoms with van der Waals surface area (Å²) in [7, 11) is 0. The zero-order valence-corrected chi connectivity index (χ0v) is 16.9. The lowest BCUT2D eigenvalue weighted by Gasteiger charge is -2.25. The zero-order valence-electron chi connectivity index (χ0n) is 16.2. The molecule has 1 aromatic carbocycles. The van der Waals surface area contributed by atoms with E-state index in [4.69, 9.17) is 16.3 Å². The van der Waals surface area contributed by atoms with E-state index in [-0.39, 0.29) is 11.9 Å². The van der Waals surface area contributed by atoms with Crippen molar-refractivity contribution in [3.63, 3.8) is 0 Å². The Labute approximate surface area is 173 Å². The molecule has 7 nitrogen and oxygen atoms in total. The zero-order chi connectivity index (χ0) is 20.0. The number of rotatable bonds is 3. The van der Waals surface area contributed by atoms with E-state index in [1.54, 1.807) is 12.5 Å². The molecule has 0 radical (unpaired) electrons. The summed E-state index contributed by atoms with van der Waals surface area (Å²) in [5.74, 6) is -0.163. The monoisotopic (exact) mass is 411 g/mol. The highest BCUT2D eigenvalue weighted by Gasteiger charge is 2.29. The highest BCUT2D eigenvalue weighted by molar-refractivity contribution is 6.33. The Balaban J connectivity index is 1.43. The predicted octanol–water partition coefficient (Wildman–Crippen LogP) is 3.37. The molecule has 0 saturated heterocycles. The van der Waals surface area contributed by atoms with E-state index in [2.05, 4.69) is 20.0 Å². The molecule has 2 aliphatic heterocycles. The first-order valence-electron chi connectivity index (χ1n) is 9.88. The minimum atomic E-state index is -0.274. The molecule has 2 aliphatic rings. The molecule has 1 atom stereocenters. The third-order valence-corrected chi connectivity index (χ3v) is 6.22. The van der Waals surface area contributed by atoms with Gasteiger partial charge in [-0.05, 0) is 37.8 Å². The van der Waals surface area contributed by atoms with Gasteiger partial charge in [-0.1, -0.05) is 23.7 Å². The van der Waals surface area contributed by atoms with Crippen LogP contribution < -0.4 is 5.32 Å². The molecule has 1 amide bonds.